The van der Waals surface area contributed by atoms with Gasteiger partial charge in [0.05, 0.1) is 6.04 Å². The van der Waals surface area contributed by atoms with Gasteiger partial charge in [0.15, 0.2) is 0 Å². The van der Waals surface area contributed by atoms with Crippen LogP contribution < -0.4 is 11.3 Å². The first-order valence-electron chi connectivity index (χ1n) is 7.63. The highest BCUT2D eigenvalue weighted by Gasteiger charge is 2.28. The second kappa shape index (κ2) is 6.57. The number of piperazine rings is 1. The Kier molecular flexibility index (Phi) is 5.05. The zero-order valence-corrected chi connectivity index (χ0v) is 12.6. The van der Waals surface area contributed by atoms with E-state index in [4.69, 9.17) is 10.8 Å². The molecule has 1 aliphatic carbocycles. The smallest absolute Gasteiger partial charge is 0.208 e. The first kappa shape index (κ1) is 14.6. The second-order valence-electron chi connectivity index (χ2n) is 6.16. The van der Waals surface area contributed by atoms with E-state index >= 15 is 0 Å². The van der Waals surface area contributed by atoms with Crippen LogP contribution in [0.4, 0.5) is 0 Å². The van der Waals surface area contributed by atoms with Gasteiger partial charge in [-0.05, 0) is 33.7 Å². The summed E-state index contributed by atoms with van der Waals surface area (Å²) in [5.74, 6) is 6.60. The Balaban J connectivity index is 2.02. The maximum Gasteiger partial charge on any atom is 0.208 e. The zero-order valence-electron chi connectivity index (χ0n) is 12.6. The van der Waals surface area contributed by atoms with Crippen molar-refractivity contribution in [2.24, 2.45) is 10.8 Å². The molecule has 2 aliphatic rings. The molecule has 0 spiro atoms. The summed E-state index contributed by atoms with van der Waals surface area (Å²) in [7, 11) is 2.19. The molecule has 2 atom stereocenters. The Hall–Kier alpha value is -0.810. The molecule has 0 aromatic heterocycles. The maximum absolute atomic E-state index is 5.71. The molecule has 1 saturated carbocycles. The molecule has 1 heterocycles. The molecular formula is C14H29N5. The lowest BCUT2D eigenvalue weighted by Crippen LogP contribution is -2.59. The summed E-state index contributed by atoms with van der Waals surface area (Å²) in [6.45, 7) is 6.52. The van der Waals surface area contributed by atoms with E-state index in [2.05, 4.69) is 36.1 Å². The molecule has 3 N–H and O–H groups in total. The summed E-state index contributed by atoms with van der Waals surface area (Å²) in [6.07, 6.45) is 6.40. The standard InChI is InChI=1S/C14H29N5/c1-11-9-19(10-12(2)18(11)3)14(17-15)16-13-7-5-4-6-8-13/h11-13H,4-10,15H2,1-3H3,(H,16,17). The molecule has 2 unspecified atom stereocenters. The van der Waals surface area contributed by atoms with E-state index in [1.54, 1.807) is 0 Å². The van der Waals surface area contributed by atoms with Gasteiger partial charge in [-0.3, -0.25) is 10.3 Å². The number of nitrogens with one attached hydrogen (secondary N) is 1. The Morgan fingerprint density at radius 2 is 1.68 bits per heavy atom. The van der Waals surface area contributed by atoms with E-state index in [0.717, 1.165) is 19.0 Å². The SMILES string of the molecule is CC1CN(C(=NC2CCCCC2)NN)CC(C)N1C. The maximum atomic E-state index is 5.71. The van der Waals surface area contributed by atoms with Gasteiger partial charge in [-0.2, -0.15) is 0 Å². The number of hydrogen-bond acceptors (Lipinski definition) is 3. The highest BCUT2D eigenvalue weighted by molar-refractivity contribution is 5.79. The lowest BCUT2D eigenvalue weighted by Gasteiger charge is -2.43. The molecule has 1 saturated heterocycles. The van der Waals surface area contributed by atoms with Crippen LogP contribution in [0.2, 0.25) is 0 Å². The van der Waals surface area contributed by atoms with Crippen LogP contribution in [0.15, 0.2) is 4.99 Å². The van der Waals surface area contributed by atoms with Crippen LogP contribution in [0.25, 0.3) is 0 Å². The van der Waals surface area contributed by atoms with Crippen molar-refractivity contribution in [3.8, 4) is 0 Å². The highest BCUT2D eigenvalue weighted by Crippen LogP contribution is 2.21. The quantitative estimate of drug-likeness (QED) is 0.324. The average molecular weight is 267 g/mol. The van der Waals surface area contributed by atoms with Crippen molar-refractivity contribution >= 4 is 5.96 Å². The minimum atomic E-state index is 0.463. The number of likely N-dealkylation sites (N-methyl/N-ethyl adjacent to an activating group) is 1. The van der Waals surface area contributed by atoms with Crippen LogP contribution in [0.5, 0.6) is 0 Å². The summed E-state index contributed by atoms with van der Waals surface area (Å²) < 4.78 is 0. The third-order valence-electron chi connectivity index (χ3n) is 4.67. The van der Waals surface area contributed by atoms with Crippen molar-refractivity contribution < 1.29 is 0 Å². The van der Waals surface area contributed by atoms with Gasteiger partial charge in [0.1, 0.15) is 0 Å². The minimum absolute atomic E-state index is 0.463. The number of hydrazine groups is 1. The van der Waals surface area contributed by atoms with E-state index in [1.807, 2.05) is 0 Å². The fraction of sp³-hybridized carbons (Fsp3) is 0.929. The van der Waals surface area contributed by atoms with Crippen molar-refractivity contribution in [3.05, 3.63) is 0 Å². The number of hydrogen-bond donors (Lipinski definition) is 2. The number of aliphatic imine (C=N–C) groups is 1. The topological polar surface area (TPSA) is 56.9 Å². The van der Waals surface area contributed by atoms with Gasteiger partial charge in [-0.15, -0.1) is 0 Å². The fourth-order valence-electron chi connectivity index (χ4n) is 3.17. The summed E-state index contributed by atoms with van der Waals surface area (Å²) in [4.78, 5) is 9.59. The van der Waals surface area contributed by atoms with Gasteiger partial charge >= 0.3 is 0 Å². The van der Waals surface area contributed by atoms with Crippen LogP contribution in [0.1, 0.15) is 46.0 Å². The Bertz CT molecular complexity index is 299. The van der Waals surface area contributed by atoms with Crippen molar-refractivity contribution in [1.82, 2.24) is 15.2 Å². The molecule has 0 bridgehead atoms. The molecule has 0 aromatic rings. The number of rotatable bonds is 1. The van der Waals surface area contributed by atoms with Crippen molar-refractivity contribution in [1.29, 1.82) is 0 Å². The molecule has 110 valence electrons. The Morgan fingerprint density at radius 3 is 2.21 bits per heavy atom. The molecule has 2 fully saturated rings. The van der Waals surface area contributed by atoms with Gasteiger partial charge in [-0.25, -0.2) is 10.8 Å². The van der Waals surface area contributed by atoms with Crippen LogP contribution in [0, 0.1) is 0 Å². The van der Waals surface area contributed by atoms with Gasteiger partial charge in [-0.1, -0.05) is 19.3 Å². The molecular weight excluding hydrogens is 238 g/mol. The predicted molar refractivity (Wildman–Crippen MR) is 79.9 cm³/mol. The Morgan fingerprint density at radius 1 is 1.11 bits per heavy atom. The summed E-state index contributed by atoms with van der Waals surface area (Å²) in [5, 5.41) is 0. The van der Waals surface area contributed by atoms with Crippen LogP contribution in [0.3, 0.4) is 0 Å². The molecule has 2 rings (SSSR count). The minimum Gasteiger partial charge on any atom is -0.339 e. The van der Waals surface area contributed by atoms with Crippen molar-refractivity contribution in [3.63, 3.8) is 0 Å². The van der Waals surface area contributed by atoms with E-state index < -0.39 is 0 Å². The molecule has 5 heteroatoms. The summed E-state index contributed by atoms with van der Waals surface area (Å²) in [5.41, 5.74) is 2.83. The van der Waals surface area contributed by atoms with Crippen LogP contribution in [-0.2, 0) is 0 Å². The lowest BCUT2D eigenvalue weighted by atomic mass is 9.96. The van der Waals surface area contributed by atoms with E-state index in [1.165, 1.54) is 32.1 Å². The molecule has 0 aromatic carbocycles. The number of nitrogens with zero attached hydrogens (tertiary/aromatic N) is 3. The highest BCUT2D eigenvalue weighted by atomic mass is 15.4. The van der Waals surface area contributed by atoms with Gasteiger partial charge in [0.25, 0.3) is 0 Å². The van der Waals surface area contributed by atoms with E-state index in [9.17, 15) is 0 Å². The second-order valence-corrected chi connectivity index (χ2v) is 6.16. The first-order valence-corrected chi connectivity index (χ1v) is 7.63. The van der Waals surface area contributed by atoms with Gasteiger partial charge in [0.2, 0.25) is 5.96 Å². The van der Waals surface area contributed by atoms with E-state index in [-0.39, 0.29) is 0 Å². The lowest BCUT2D eigenvalue weighted by molar-refractivity contribution is 0.0964. The monoisotopic (exact) mass is 267 g/mol. The molecule has 0 amide bonds. The number of nitrogens with two attached hydrogens (primary N) is 1. The third kappa shape index (κ3) is 3.60. The predicted octanol–water partition coefficient (Wildman–Crippen LogP) is 1.16. The van der Waals surface area contributed by atoms with Crippen LogP contribution in [-0.4, -0.2) is 54.0 Å². The molecule has 19 heavy (non-hydrogen) atoms. The van der Waals surface area contributed by atoms with Gasteiger partial charge < -0.3 is 4.90 Å². The Labute approximate surface area is 117 Å². The molecule has 5 nitrogen and oxygen atoms in total. The van der Waals surface area contributed by atoms with E-state index in [0.29, 0.717) is 18.1 Å². The van der Waals surface area contributed by atoms with Gasteiger partial charge in [0, 0.05) is 25.2 Å². The first-order chi connectivity index (χ1) is 9.11. The fourth-order valence-corrected chi connectivity index (χ4v) is 3.17. The molecule has 0 radical (unpaired) electrons. The normalized spacial score (nSPS) is 31.6. The summed E-state index contributed by atoms with van der Waals surface area (Å²) in [6, 6.07) is 1.53. The largest absolute Gasteiger partial charge is 0.339 e. The van der Waals surface area contributed by atoms with Crippen molar-refractivity contribution in [2.75, 3.05) is 20.1 Å². The zero-order chi connectivity index (χ0) is 13.8. The molecule has 1 aliphatic heterocycles. The van der Waals surface area contributed by atoms with Crippen molar-refractivity contribution in [2.45, 2.75) is 64.1 Å². The average Bonchev–Trinajstić information content (AvgIpc) is 2.42. The third-order valence-corrected chi connectivity index (χ3v) is 4.67. The van der Waals surface area contributed by atoms with Crippen LogP contribution >= 0.6 is 0 Å². The number of guanidine groups is 1. The summed E-state index contributed by atoms with van der Waals surface area (Å²) >= 11 is 0.